The summed E-state index contributed by atoms with van der Waals surface area (Å²) in [6.07, 6.45) is 3.25. The van der Waals surface area contributed by atoms with Gasteiger partial charge in [-0.15, -0.1) is 23.5 Å². The number of nitrogens with zero attached hydrogens (tertiary/aromatic N) is 2. The number of aliphatic carboxylic acids is 1. The quantitative estimate of drug-likeness (QED) is 0.551. The van der Waals surface area contributed by atoms with Crippen molar-refractivity contribution in [3.05, 3.63) is 60.4 Å². The second-order valence-electron chi connectivity index (χ2n) is 7.00. The fourth-order valence-corrected chi connectivity index (χ4v) is 7.01. The Labute approximate surface area is 171 Å². The number of pyridine rings is 1. The van der Waals surface area contributed by atoms with Crippen molar-refractivity contribution in [2.75, 3.05) is 0 Å². The molecule has 1 aromatic heterocycles. The van der Waals surface area contributed by atoms with Crippen molar-refractivity contribution in [3.63, 3.8) is 0 Å². The summed E-state index contributed by atoms with van der Waals surface area (Å²) in [5.41, 5.74) is 1.16. The van der Waals surface area contributed by atoms with E-state index < -0.39 is 24.0 Å². The van der Waals surface area contributed by atoms with E-state index in [1.165, 1.54) is 28.4 Å². The third kappa shape index (κ3) is 3.52. The largest absolute Gasteiger partial charge is 0.480 e. The topological polar surface area (TPSA) is 81.7 Å². The minimum atomic E-state index is -0.998. The zero-order valence-electron chi connectivity index (χ0n) is 15.2. The van der Waals surface area contributed by atoms with Gasteiger partial charge in [-0.2, -0.15) is 0 Å². The van der Waals surface area contributed by atoms with Crippen LogP contribution in [0.4, 0.5) is 0 Å². The maximum Gasteiger partial charge on any atom is 0.328 e. The first-order chi connectivity index (χ1) is 13.5. The molecule has 8 heteroatoms. The number of rotatable bonds is 6. The lowest BCUT2D eigenvalue weighted by molar-refractivity contribution is -0.688. The first kappa shape index (κ1) is 19.3. The van der Waals surface area contributed by atoms with Crippen LogP contribution in [0.5, 0.6) is 0 Å². The van der Waals surface area contributed by atoms with Crippen LogP contribution < -0.4 is 4.57 Å². The van der Waals surface area contributed by atoms with Gasteiger partial charge < -0.3 is 15.1 Å². The van der Waals surface area contributed by atoms with Crippen molar-refractivity contribution in [2.45, 2.75) is 40.5 Å². The van der Waals surface area contributed by atoms with E-state index in [0.29, 0.717) is 0 Å². The van der Waals surface area contributed by atoms with Crippen LogP contribution in [0.2, 0.25) is 0 Å². The number of aromatic nitrogens is 1. The van der Waals surface area contributed by atoms with E-state index in [-0.39, 0.29) is 15.9 Å². The van der Waals surface area contributed by atoms with Gasteiger partial charge in [-0.1, -0.05) is 18.2 Å². The average Bonchev–Trinajstić information content (AvgIpc) is 2.98. The van der Waals surface area contributed by atoms with E-state index in [2.05, 4.69) is 4.57 Å². The van der Waals surface area contributed by atoms with Crippen LogP contribution in [-0.2, 0) is 16.1 Å². The molecule has 2 unspecified atom stereocenters. The number of amides is 1. The average molecular weight is 418 g/mol. The van der Waals surface area contributed by atoms with Crippen LogP contribution in [0.3, 0.4) is 0 Å². The normalized spacial score (nSPS) is 27.2. The van der Waals surface area contributed by atoms with Gasteiger partial charge in [0.15, 0.2) is 25.0 Å². The van der Waals surface area contributed by atoms with Crippen LogP contribution in [0, 0.1) is 5.92 Å². The second-order valence-corrected chi connectivity index (χ2v) is 9.78. The van der Waals surface area contributed by atoms with Crippen molar-refractivity contribution in [3.8, 4) is 0 Å². The number of carbonyl (C=O) groups is 2. The second kappa shape index (κ2) is 7.77. The van der Waals surface area contributed by atoms with Gasteiger partial charge in [0.2, 0.25) is 5.91 Å². The minimum absolute atomic E-state index is 0.264. The van der Waals surface area contributed by atoms with Crippen molar-refractivity contribution < 1.29 is 24.4 Å². The molecule has 5 atom stereocenters. The Morgan fingerprint density at radius 3 is 2.54 bits per heavy atom. The molecular formula is C20H21N2O4S2+. The van der Waals surface area contributed by atoms with E-state index in [9.17, 15) is 19.8 Å². The zero-order valence-corrected chi connectivity index (χ0v) is 16.8. The van der Waals surface area contributed by atoms with Gasteiger partial charge in [-0.3, -0.25) is 4.79 Å². The summed E-state index contributed by atoms with van der Waals surface area (Å²) in [7, 11) is 0. The summed E-state index contributed by atoms with van der Waals surface area (Å²) in [6.45, 7) is 2.35. The third-order valence-corrected chi connectivity index (χ3v) is 8.02. The molecule has 2 fully saturated rings. The summed E-state index contributed by atoms with van der Waals surface area (Å²) >= 11 is 2.93. The number of β-lactam (4-membered cyclic amide) rings is 1. The molecule has 6 nitrogen and oxygen atoms in total. The van der Waals surface area contributed by atoms with Crippen LogP contribution >= 0.6 is 23.5 Å². The number of carboxylic acid groups (broad SMARTS) is 1. The van der Waals surface area contributed by atoms with Gasteiger partial charge in [0.25, 0.3) is 0 Å². The monoisotopic (exact) mass is 417 g/mol. The Hall–Kier alpha value is -2.03. The maximum atomic E-state index is 12.3. The lowest BCUT2D eigenvalue weighted by Crippen LogP contribution is -2.64. The van der Waals surface area contributed by atoms with E-state index in [1.54, 1.807) is 6.92 Å². The van der Waals surface area contributed by atoms with Gasteiger partial charge in [0.1, 0.15) is 0 Å². The van der Waals surface area contributed by atoms with Crippen LogP contribution in [-0.4, -0.2) is 49.1 Å². The molecule has 2 N–H and O–H groups in total. The molecule has 4 rings (SSSR count). The number of fused-ring (bicyclic) bond motifs is 1. The highest BCUT2D eigenvalue weighted by Gasteiger charge is 2.62. The minimum Gasteiger partial charge on any atom is -0.480 e. The smallest absolute Gasteiger partial charge is 0.328 e. The van der Waals surface area contributed by atoms with E-state index in [4.69, 9.17) is 0 Å². The van der Waals surface area contributed by atoms with Crippen LogP contribution in [0.1, 0.15) is 12.5 Å². The maximum absolute atomic E-state index is 12.3. The molecular weight excluding hydrogens is 396 g/mol. The Morgan fingerprint density at radius 1 is 1.25 bits per heavy atom. The molecule has 0 bridgehead atoms. The molecule has 1 amide bonds. The number of hydrogen-bond donors (Lipinski definition) is 2. The summed E-state index contributed by atoms with van der Waals surface area (Å²) in [4.78, 5) is 26.5. The summed E-state index contributed by atoms with van der Waals surface area (Å²) < 4.78 is 1.78. The summed E-state index contributed by atoms with van der Waals surface area (Å²) in [5.74, 6) is -1.78. The Morgan fingerprint density at radius 2 is 1.93 bits per heavy atom. The van der Waals surface area contributed by atoms with Crippen LogP contribution in [0.25, 0.3) is 0 Å². The molecule has 2 aliphatic heterocycles. The number of aliphatic hydroxyl groups excluding tert-OH is 1. The lowest BCUT2D eigenvalue weighted by atomic mass is 9.91. The molecule has 28 heavy (non-hydrogen) atoms. The molecule has 0 aliphatic carbocycles. The molecule has 0 saturated carbocycles. The van der Waals surface area contributed by atoms with Crippen molar-refractivity contribution in [1.82, 2.24) is 4.90 Å². The molecule has 0 radical (unpaired) electrons. The Kier molecular flexibility index (Phi) is 5.35. The van der Waals surface area contributed by atoms with Crippen LogP contribution in [0.15, 0.2) is 59.8 Å². The highest BCUT2D eigenvalue weighted by atomic mass is 32.2. The highest BCUT2D eigenvalue weighted by Crippen LogP contribution is 2.53. The molecule has 1 aromatic carbocycles. The summed E-state index contributed by atoms with van der Waals surface area (Å²) in [5, 5.41) is 19.2. The predicted octanol–water partition coefficient (Wildman–Crippen LogP) is 1.81. The number of carbonyl (C=O) groups excluding carboxylic acids is 1. The Balaban J connectivity index is 1.46. The standard InChI is InChI=1S/C20H20N2O4S2/c1-12(23)15-17(24)22-16(19(25)26)20(28-18(15)22)27-14-7-5-13(6-8-14)11-21-9-3-2-4-10-21/h2-10,12,15-16,18,20,23H,11H2,1H3/p+1/t12-,15+,16?,18-,20?/m1/s1. The third-order valence-electron chi connectivity index (χ3n) is 5.04. The van der Waals surface area contributed by atoms with Gasteiger partial charge in [0, 0.05) is 22.6 Å². The fraction of sp³-hybridized carbons (Fsp3) is 0.350. The van der Waals surface area contributed by atoms with Crippen molar-refractivity contribution in [1.29, 1.82) is 0 Å². The van der Waals surface area contributed by atoms with Gasteiger partial charge in [-0.25, -0.2) is 9.36 Å². The van der Waals surface area contributed by atoms with Gasteiger partial charge >= 0.3 is 5.97 Å². The lowest BCUT2D eigenvalue weighted by Gasteiger charge is -2.44. The highest BCUT2D eigenvalue weighted by molar-refractivity contribution is 8.17. The van der Waals surface area contributed by atoms with Gasteiger partial charge in [-0.05, 0) is 19.1 Å². The first-order valence-corrected chi connectivity index (χ1v) is 10.9. The fourth-order valence-electron chi connectivity index (χ4n) is 3.63. The predicted molar refractivity (Wildman–Crippen MR) is 107 cm³/mol. The summed E-state index contributed by atoms with van der Waals surface area (Å²) in [6, 6.07) is 13.1. The molecule has 2 saturated heterocycles. The molecule has 3 heterocycles. The van der Waals surface area contributed by atoms with Crippen molar-refractivity contribution >= 4 is 35.4 Å². The van der Waals surface area contributed by atoms with Gasteiger partial charge in [0.05, 0.1) is 22.0 Å². The molecule has 2 aliphatic rings. The number of carboxylic acids is 1. The molecule has 146 valence electrons. The number of aliphatic hydroxyl groups is 1. The number of thioether (sulfide) groups is 2. The molecule has 0 spiro atoms. The number of hydrogen-bond acceptors (Lipinski definition) is 5. The molecule has 2 aromatic rings. The zero-order chi connectivity index (χ0) is 19.8. The number of benzene rings is 1. The SMILES string of the molecule is C[C@@H](O)[C@H]1C(=O)N2C(C(=O)O)C(Sc3ccc(C[n+]4ccccc4)cc3)S[C@H]12. The Bertz CT molecular complexity index is 876. The van der Waals surface area contributed by atoms with Crippen molar-refractivity contribution in [2.24, 2.45) is 5.92 Å². The first-order valence-electron chi connectivity index (χ1n) is 9.04. The van der Waals surface area contributed by atoms with E-state index >= 15 is 0 Å². The van der Waals surface area contributed by atoms with E-state index in [0.717, 1.165) is 17.0 Å². The van der Waals surface area contributed by atoms with E-state index in [1.807, 2.05) is 54.9 Å².